The number of methoxy groups -OCH3 is 2. The first-order valence-electron chi connectivity index (χ1n) is 7.02. The van der Waals surface area contributed by atoms with Crippen molar-refractivity contribution in [2.24, 2.45) is 0 Å². The lowest BCUT2D eigenvalue weighted by molar-refractivity contribution is -0.131. The zero-order valence-corrected chi connectivity index (χ0v) is 14.2. The second-order valence-electron chi connectivity index (χ2n) is 4.64. The summed E-state index contributed by atoms with van der Waals surface area (Å²) in [7, 11) is 3.01. The van der Waals surface area contributed by atoms with Gasteiger partial charge in [-0.25, -0.2) is 0 Å². The van der Waals surface area contributed by atoms with E-state index in [1.54, 1.807) is 14.2 Å². The van der Waals surface area contributed by atoms with Gasteiger partial charge in [-0.15, -0.1) is 0 Å². The fourth-order valence-corrected chi connectivity index (χ4v) is 3.21. The molecule has 110 valence electrons. The summed E-state index contributed by atoms with van der Waals surface area (Å²) in [6, 6.07) is 1.10. The molecule has 0 aromatic heterocycles. The summed E-state index contributed by atoms with van der Waals surface area (Å²) < 4.78 is 16.4. The molecule has 0 N–H and O–H groups in total. The standard InChI is InChI=1S/C13H31NO3Si/c1-6-14(7-2)9-8-10-17-11-12-18-13(3,15-4)16-5/h6-12,18H2,1-5H3. The summed E-state index contributed by atoms with van der Waals surface area (Å²) in [6.07, 6.45) is 1.12. The third kappa shape index (κ3) is 8.21. The molecule has 5 heteroatoms. The lowest BCUT2D eigenvalue weighted by Gasteiger charge is -2.26. The van der Waals surface area contributed by atoms with Crippen molar-refractivity contribution in [2.45, 2.75) is 38.6 Å². The van der Waals surface area contributed by atoms with E-state index in [0.29, 0.717) is 0 Å². The first-order chi connectivity index (χ1) is 8.61. The van der Waals surface area contributed by atoms with Gasteiger partial charge in [0.25, 0.3) is 0 Å². The van der Waals surface area contributed by atoms with Gasteiger partial charge in [-0.05, 0) is 32.5 Å². The summed E-state index contributed by atoms with van der Waals surface area (Å²) in [5, 5.41) is 0. The van der Waals surface area contributed by atoms with Crippen LogP contribution in [0, 0.1) is 0 Å². The zero-order valence-electron chi connectivity index (χ0n) is 12.8. The van der Waals surface area contributed by atoms with Gasteiger partial charge in [-0.1, -0.05) is 13.8 Å². The van der Waals surface area contributed by atoms with Crippen LogP contribution in [0.5, 0.6) is 0 Å². The first-order valence-corrected chi connectivity index (χ1v) is 8.73. The van der Waals surface area contributed by atoms with Crippen LogP contribution in [0.15, 0.2) is 0 Å². The maximum Gasteiger partial charge on any atom is 0.141 e. The highest BCUT2D eigenvalue weighted by molar-refractivity contribution is 6.38. The Morgan fingerprint density at radius 3 is 2.17 bits per heavy atom. The predicted molar refractivity (Wildman–Crippen MR) is 79.0 cm³/mol. The summed E-state index contributed by atoms with van der Waals surface area (Å²) in [6.45, 7) is 11.5. The van der Waals surface area contributed by atoms with Crippen LogP contribution in [0.25, 0.3) is 0 Å². The second kappa shape index (κ2) is 10.9. The Morgan fingerprint density at radius 2 is 1.67 bits per heavy atom. The van der Waals surface area contributed by atoms with Crippen LogP contribution in [-0.2, 0) is 14.2 Å². The molecule has 0 aliphatic rings. The molecule has 0 aromatic carbocycles. The number of nitrogens with zero attached hydrogens (tertiary/aromatic N) is 1. The van der Waals surface area contributed by atoms with Crippen molar-refractivity contribution in [1.82, 2.24) is 4.90 Å². The Hall–Kier alpha value is 0.0569. The fourth-order valence-electron chi connectivity index (χ4n) is 1.81. The molecule has 0 bridgehead atoms. The van der Waals surface area contributed by atoms with Crippen molar-refractivity contribution >= 4 is 9.52 Å². The van der Waals surface area contributed by atoms with Crippen molar-refractivity contribution in [2.75, 3.05) is 47.1 Å². The highest BCUT2D eigenvalue weighted by atomic mass is 28.2. The highest BCUT2D eigenvalue weighted by Gasteiger charge is 2.21. The molecule has 0 fully saturated rings. The summed E-state index contributed by atoms with van der Waals surface area (Å²) in [5.41, 5.74) is -0.329. The molecule has 0 saturated carbocycles. The molecule has 0 aromatic rings. The summed E-state index contributed by atoms with van der Waals surface area (Å²) in [5.74, 6) is 0. The van der Waals surface area contributed by atoms with E-state index in [1.807, 2.05) is 6.92 Å². The molecule has 0 spiro atoms. The molecule has 4 nitrogen and oxygen atoms in total. The quantitative estimate of drug-likeness (QED) is 0.305. The van der Waals surface area contributed by atoms with Gasteiger partial charge in [0, 0.05) is 34.0 Å². The van der Waals surface area contributed by atoms with Gasteiger partial charge < -0.3 is 19.1 Å². The van der Waals surface area contributed by atoms with Gasteiger partial charge in [0.05, 0.1) is 9.52 Å². The zero-order chi connectivity index (χ0) is 13.9. The van der Waals surface area contributed by atoms with Gasteiger partial charge in [0.1, 0.15) is 5.41 Å². The molecule has 0 saturated heterocycles. The molecular weight excluding hydrogens is 246 g/mol. The first kappa shape index (κ1) is 18.1. The van der Waals surface area contributed by atoms with Gasteiger partial charge >= 0.3 is 0 Å². The SMILES string of the molecule is CCN(CC)CCCOCC[SiH2]C(C)(OC)OC. The van der Waals surface area contributed by atoms with Gasteiger partial charge in [0.2, 0.25) is 0 Å². The number of hydrogen-bond acceptors (Lipinski definition) is 4. The van der Waals surface area contributed by atoms with Crippen molar-refractivity contribution in [3.63, 3.8) is 0 Å². The molecule has 0 aliphatic heterocycles. The number of ether oxygens (including phenoxy) is 3. The Morgan fingerprint density at radius 1 is 1.06 bits per heavy atom. The van der Waals surface area contributed by atoms with Crippen LogP contribution in [0.3, 0.4) is 0 Å². The van der Waals surface area contributed by atoms with Crippen LogP contribution in [0.1, 0.15) is 27.2 Å². The third-order valence-electron chi connectivity index (χ3n) is 3.44. The van der Waals surface area contributed by atoms with Crippen LogP contribution in [0.4, 0.5) is 0 Å². The van der Waals surface area contributed by atoms with E-state index in [0.717, 1.165) is 45.3 Å². The molecule has 0 aliphatic carbocycles. The highest BCUT2D eigenvalue weighted by Crippen LogP contribution is 2.09. The minimum atomic E-state index is -0.410. The predicted octanol–water partition coefficient (Wildman–Crippen LogP) is 1.29. The van der Waals surface area contributed by atoms with E-state index in [4.69, 9.17) is 14.2 Å². The van der Waals surface area contributed by atoms with E-state index >= 15 is 0 Å². The van der Waals surface area contributed by atoms with E-state index < -0.39 is 9.52 Å². The molecule has 0 rings (SSSR count). The monoisotopic (exact) mass is 277 g/mol. The molecule has 0 atom stereocenters. The molecule has 0 amide bonds. The molecule has 0 radical (unpaired) electrons. The average Bonchev–Trinajstić information content (AvgIpc) is 2.41. The smallest absolute Gasteiger partial charge is 0.141 e. The summed E-state index contributed by atoms with van der Waals surface area (Å²) in [4.78, 5) is 2.42. The van der Waals surface area contributed by atoms with Gasteiger partial charge in [-0.3, -0.25) is 0 Å². The minimum absolute atomic E-state index is 0.329. The average molecular weight is 277 g/mol. The van der Waals surface area contributed by atoms with Gasteiger partial charge in [0.15, 0.2) is 0 Å². The van der Waals surface area contributed by atoms with Crippen LogP contribution < -0.4 is 0 Å². The maximum absolute atomic E-state index is 5.65. The van der Waals surface area contributed by atoms with Gasteiger partial charge in [-0.2, -0.15) is 0 Å². The van der Waals surface area contributed by atoms with Crippen molar-refractivity contribution in [1.29, 1.82) is 0 Å². The number of rotatable bonds is 12. The minimum Gasteiger partial charge on any atom is -0.382 e. The van der Waals surface area contributed by atoms with Crippen LogP contribution >= 0.6 is 0 Å². The second-order valence-corrected chi connectivity index (χ2v) is 7.13. The third-order valence-corrected chi connectivity index (χ3v) is 5.57. The Kier molecular flexibility index (Phi) is 11.0. The lowest BCUT2D eigenvalue weighted by atomic mass is 10.4. The lowest BCUT2D eigenvalue weighted by Crippen LogP contribution is -2.37. The van der Waals surface area contributed by atoms with Crippen molar-refractivity contribution < 1.29 is 14.2 Å². The van der Waals surface area contributed by atoms with Crippen molar-refractivity contribution in [3.8, 4) is 0 Å². The largest absolute Gasteiger partial charge is 0.382 e. The van der Waals surface area contributed by atoms with Crippen LogP contribution in [0.2, 0.25) is 6.04 Å². The Balaban J connectivity index is 3.41. The maximum atomic E-state index is 5.65. The normalized spacial score (nSPS) is 13.0. The van der Waals surface area contributed by atoms with Crippen molar-refractivity contribution in [3.05, 3.63) is 0 Å². The van der Waals surface area contributed by atoms with E-state index in [2.05, 4.69) is 18.7 Å². The Bertz CT molecular complexity index is 185. The summed E-state index contributed by atoms with van der Waals surface area (Å²) >= 11 is 0. The van der Waals surface area contributed by atoms with E-state index in [-0.39, 0.29) is 5.41 Å². The van der Waals surface area contributed by atoms with E-state index in [1.165, 1.54) is 0 Å². The molecule has 0 unspecified atom stereocenters. The molecule has 18 heavy (non-hydrogen) atoms. The number of hydrogen-bond donors (Lipinski definition) is 0. The molecule has 0 heterocycles. The van der Waals surface area contributed by atoms with Crippen LogP contribution in [-0.4, -0.2) is 66.9 Å². The van der Waals surface area contributed by atoms with E-state index in [9.17, 15) is 0 Å². The fraction of sp³-hybridized carbons (Fsp3) is 1.00. The topological polar surface area (TPSA) is 30.9 Å². The molecular formula is C13H31NO3Si. The Labute approximate surface area is 115 Å².